The number of carbonyl (C=O) groups is 1. The average Bonchev–Trinajstić information content (AvgIpc) is 2.53. The second-order valence-electron chi connectivity index (χ2n) is 5.51. The average molecular weight is 292 g/mol. The summed E-state index contributed by atoms with van der Waals surface area (Å²) in [6.07, 6.45) is 1.57. The Labute approximate surface area is 125 Å². The molecule has 0 aromatic carbocycles. The van der Waals surface area contributed by atoms with Gasteiger partial charge in [-0.15, -0.1) is 0 Å². The zero-order chi connectivity index (χ0) is 15.2. The Kier molecular flexibility index (Phi) is 5.49. The van der Waals surface area contributed by atoms with Crippen molar-refractivity contribution in [2.75, 3.05) is 58.8 Å². The first-order chi connectivity index (χ1) is 10.1. The van der Waals surface area contributed by atoms with Gasteiger partial charge in [0.1, 0.15) is 5.69 Å². The largest absolute Gasteiger partial charge is 0.335 e. The number of nitrogen functional groups attached to an aromatic ring is 1. The van der Waals surface area contributed by atoms with E-state index in [1.807, 2.05) is 4.90 Å². The highest BCUT2D eigenvalue weighted by Gasteiger charge is 2.22. The molecule has 1 saturated heterocycles. The summed E-state index contributed by atoms with van der Waals surface area (Å²) in [5, 5.41) is 0. The molecule has 1 aromatic rings. The number of nitrogens with zero attached hydrogens (tertiary/aromatic N) is 4. The van der Waals surface area contributed by atoms with E-state index in [4.69, 9.17) is 5.84 Å². The summed E-state index contributed by atoms with van der Waals surface area (Å²) in [4.78, 5) is 22.9. The molecule has 0 spiro atoms. The van der Waals surface area contributed by atoms with Crippen LogP contribution in [0.5, 0.6) is 0 Å². The maximum Gasteiger partial charge on any atom is 0.272 e. The number of anilines is 1. The number of hydrogen-bond acceptors (Lipinski definition) is 6. The SMILES string of the molecule is CN(C)CCN1CCN(C(=O)c2ccc(NN)cn2)CC1. The standard InChI is InChI=1S/C14H24N6O/c1-18(2)5-6-19-7-9-20(10-8-19)14(21)13-4-3-12(17-15)11-16-13/h3-4,11,17H,5-10,15H2,1-2H3. The lowest BCUT2D eigenvalue weighted by Gasteiger charge is -2.35. The molecule has 0 saturated carbocycles. The van der Waals surface area contributed by atoms with Crippen LogP contribution in [0.15, 0.2) is 18.3 Å². The molecule has 2 rings (SSSR count). The number of aromatic nitrogens is 1. The molecule has 3 N–H and O–H groups in total. The number of likely N-dealkylation sites (N-methyl/N-ethyl adjacent to an activating group) is 1. The predicted molar refractivity (Wildman–Crippen MR) is 82.9 cm³/mol. The molecule has 0 bridgehead atoms. The molecule has 1 aliphatic rings. The zero-order valence-corrected chi connectivity index (χ0v) is 12.7. The highest BCUT2D eigenvalue weighted by molar-refractivity contribution is 5.92. The van der Waals surface area contributed by atoms with E-state index in [2.05, 4.69) is 34.3 Å². The maximum atomic E-state index is 12.4. The van der Waals surface area contributed by atoms with Crippen molar-refractivity contribution < 1.29 is 4.79 Å². The van der Waals surface area contributed by atoms with Crippen LogP contribution in [0.3, 0.4) is 0 Å². The summed E-state index contributed by atoms with van der Waals surface area (Å²) in [6, 6.07) is 3.46. The second kappa shape index (κ2) is 7.35. The van der Waals surface area contributed by atoms with Gasteiger partial charge in [-0.3, -0.25) is 15.5 Å². The minimum atomic E-state index is -0.00849. The summed E-state index contributed by atoms with van der Waals surface area (Å²) in [5.41, 5.74) is 3.67. The van der Waals surface area contributed by atoms with E-state index in [0.29, 0.717) is 11.4 Å². The molecular weight excluding hydrogens is 268 g/mol. The van der Waals surface area contributed by atoms with Gasteiger partial charge in [0.25, 0.3) is 5.91 Å². The monoisotopic (exact) mass is 292 g/mol. The molecule has 0 aliphatic carbocycles. The fraction of sp³-hybridized carbons (Fsp3) is 0.571. The Balaban J connectivity index is 1.84. The van der Waals surface area contributed by atoms with Crippen molar-refractivity contribution in [2.24, 2.45) is 5.84 Å². The summed E-state index contributed by atoms with van der Waals surface area (Å²) in [6.45, 7) is 5.44. The van der Waals surface area contributed by atoms with E-state index in [1.54, 1.807) is 18.3 Å². The number of pyridine rings is 1. The van der Waals surface area contributed by atoms with Gasteiger partial charge in [-0.2, -0.15) is 0 Å². The molecule has 7 nitrogen and oxygen atoms in total. The number of hydrazine groups is 1. The van der Waals surface area contributed by atoms with Gasteiger partial charge in [0.2, 0.25) is 0 Å². The molecule has 1 fully saturated rings. The molecular formula is C14H24N6O. The van der Waals surface area contributed by atoms with Crippen LogP contribution in [0, 0.1) is 0 Å². The van der Waals surface area contributed by atoms with Gasteiger partial charge in [0, 0.05) is 39.3 Å². The molecule has 0 atom stereocenters. The van der Waals surface area contributed by atoms with Crippen LogP contribution >= 0.6 is 0 Å². The molecule has 2 heterocycles. The number of piperazine rings is 1. The van der Waals surface area contributed by atoms with Gasteiger partial charge < -0.3 is 15.2 Å². The first-order valence-electron chi connectivity index (χ1n) is 7.19. The van der Waals surface area contributed by atoms with Crippen LogP contribution in [-0.2, 0) is 0 Å². The maximum absolute atomic E-state index is 12.4. The van der Waals surface area contributed by atoms with E-state index in [9.17, 15) is 4.79 Å². The van der Waals surface area contributed by atoms with Gasteiger partial charge in [-0.05, 0) is 26.2 Å². The zero-order valence-electron chi connectivity index (χ0n) is 12.7. The number of carbonyl (C=O) groups excluding carboxylic acids is 1. The minimum absolute atomic E-state index is 0.00849. The minimum Gasteiger partial charge on any atom is -0.335 e. The van der Waals surface area contributed by atoms with Crippen LogP contribution in [-0.4, -0.2) is 79.0 Å². The third kappa shape index (κ3) is 4.38. The normalized spacial score (nSPS) is 16.3. The number of rotatable bonds is 5. The number of nitrogens with two attached hydrogens (primary N) is 1. The smallest absolute Gasteiger partial charge is 0.272 e. The molecule has 21 heavy (non-hydrogen) atoms. The van der Waals surface area contributed by atoms with Crippen LogP contribution in [0.1, 0.15) is 10.5 Å². The molecule has 0 radical (unpaired) electrons. The molecule has 0 unspecified atom stereocenters. The van der Waals surface area contributed by atoms with Crippen molar-refractivity contribution in [1.29, 1.82) is 0 Å². The molecule has 1 aromatic heterocycles. The van der Waals surface area contributed by atoms with Gasteiger partial charge in [0.05, 0.1) is 11.9 Å². The van der Waals surface area contributed by atoms with E-state index < -0.39 is 0 Å². The van der Waals surface area contributed by atoms with Crippen molar-refractivity contribution in [1.82, 2.24) is 19.7 Å². The highest BCUT2D eigenvalue weighted by atomic mass is 16.2. The Morgan fingerprint density at radius 3 is 2.57 bits per heavy atom. The topological polar surface area (TPSA) is 77.7 Å². The Morgan fingerprint density at radius 2 is 2.05 bits per heavy atom. The van der Waals surface area contributed by atoms with Crippen molar-refractivity contribution in [3.8, 4) is 0 Å². The summed E-state index contributed by atoms with van der Waals surface area (Å²) >= 11 is 0. The number of nitrogens with one attached hydrogen (secondary N) is 1. The van der Waals surface area contributed by atoms with Crippen molar-refractivity contribution in [2.45, 2.75) is 0 Å². The Hall–Kier alpha value is -1.70. The predicted octanol–water partition coefficient (Wildman–Crippen LogP) is -0.313. The summed E-state index contributed by atoms with van der Waals surface area (Å²) < 4.78 is 0. The van der Waals surface area contributed by atoms with Crippen LogP contribution in [0.2, 0.25) is 0 Å². The second-order valence-corrected chi connectivity index (χ2v) is 5.51. The van der Waals surface area contributed by atoms with E-state index in [1.165, 1.54) is 0 Å². The first kappa shape index (κ1) is 15.7. The Morgan fingerprint density at radius 1 is 1.33 bits per heavy atom. The van der Waals surface area contributed by atoms with Gasteiger partial charge >= 0.3 is 0 Å². The lowest BCUT2D eigenvalue weighted by Crippen LogP contribution is -2.50. The quantitative estimate of drug-likeness (QED) is 0.572. The molecule has 7 heteroatoms. The summed E-state index contributed by atoms with van der Waals surface area (Å²) in [7, 11) is 4.15. The van der Waals surface area contributed by atoms with Crippen molar-refractivity contribution in [3.63, 3.8) is 0 Å². The van der Waals surface area contributed by atoms with Gasteiger partial charge in [0.15, 0.2) is 0 Å². The van der Waals surface area contributed by atoms with Crippen molar-refractivity contribution >= 4 is 11.6 Å². The van der Waals surface area contributed by atoms with E-state index in [0.717, 1.165) is 39.3 Å². The van der Waals surface area contributed by atoms with Gasteiger partial charge in [-0.25, -0.2) is 4.98 Å². The van der Waals surface area contributed by atoms with E-state index in [-0.39, 0.29) is 5.91 Å². The fourth-order valence-electron chi connectivity index (χ4n) is 2.28. The lowest BCUT2D eigenvalue weighted by molar-refractivity contribution is 0.0624. The van der Waals surface area contributed by atoms with Gasteiger partial charge in [-0.1, -0.05) is 0 Å². The fourth-order valence-corrected chi connectivity index (χ4v) is 2.28. The van der Waals surface area contributed by atoms with E-state index >= 15 is 0 Å². The molecule has 116 valence electrons. The molecule has 1 amide bonds. The van der Waals surface area contributed by atoms with Crippen LogP contribution in [0.4, 0.5) is 5.69 Å². The van der Waals surface area contributed by atoms with Crippen LogP contribution in [0.25, 0.3) is 0 Å². The third-order valence-corrected chi connectivity index (χ3v) is 3.67. The number of amides is 1. The lowest BCUT2D eigenvalue weighted by atomic mass is 10.2. The molecule has 1 aliphatic heterocycles. The third-order valence-electron chi connectivity index (χ3n) is 3.67. The summed E-state index contributed by atoms with van der Waals surface area (Å²) in [5.74, 6) is 5.28. The Bertz CT molecular complexity index is 453. The first-order valence-corrected chi connectivity index (χ1v) is 7.19. The van der Waals surface area contributed by atoms with Crippen molar-refractivity contribution in [3.05, 3.63) is 24.0 Å². The highest BCUT2D eigenvalue weighted by Crippen LogP contribution is 2.09. The van der Waals surface area contributed by atoms with Crippen LogP contribution < -0.4 is 11.3 Å². The number of hydrogen-bond donors (Lipinski definition) is 2.